The van der Waals surface area contributed by atoms with E-state index in [0.717, 1.165) is 51.1 Å². The third kappa shape index (κ3) is 3.88. The molecule has 0 aromatic carbocycles. The molecule has 1 aromatic rings. The minimum absolute atomic E-state index is 0.0153. The van der Waals surface area contributed by atoms with E-state index in [2.05, 4.69) is 14.9 Å². The topological polar surface area (TPSA) is 61.7 Å². The fourth-order valence-corrected chi connectivity index (χ4v) is 5.00. The summed E-state index contributed by atoms with van der Waals surface area (Å²) in [6, 6.07) is 1.90. The molecule has 4 heterocycles. The molecule has 1 aromatic heterocycles. The van der Waals surface area contributed by atoms with Crippen molar-refractivity contribution in [2.24, 2.45) is 7.05 Å². The van der Waals surface area contributed by atoms with Gasteiger partial charge in [0, 0.05) is 51.4 Å². The van der Waals surface area contributed by atoms with Crippen molar-refractivity contribution in [2.75, 3.05) is 39.3 Å². The zero-order valence-electron chi connectivity index (χ0n) is 16.4. The molecule has 0 unspecified atom stereocenters. The van der Waals surface area contributed by atoms with Gasteiger partial charge in [-0.25, -0.2) is 0 Å². The van der Waals surface area contributed by atoms with E-state index < -0.39 is 0 Å². The molecule has 0 aliphatic carbocycles. The Balaban J connectivity index is 1.33. The number of aryl methyl sites for hydroxylation is 1. The van der Waals surface area contributed by atoms with E-state index in [9.17, 15) is 9.59 Å². The zero-order chi connectivity index (χ0) is 18.9. The lowest BCUT2D eigenvalue weighted by Gasteiger charge is -2.45. The van der Waals surface area contributed by atoms with Crippen molar-refractivity contribution in [3.8, 4) is 0 Å². The normalized spacial score (nSPS) is 22.9. The zero-order valence-corrected chi connectivity index (χ0v) is 16.4. The first kappa shape index (κ1) is 18.5. The van der Waals surface area contributed by atoms with Crippen LogP contribution in [-0.2, 0) is 23.1 Å². The predicted octanol–water partition coefficient (Wildman–Crippen LogP) is 1.04. The van der Waals surface area contributed by atoms with Gasteiger partial charge in [0.25, 0.3) is 0 Å². The number of aromatic nitrogens is 2. The number of rotatable bonds is 5. The lowest BCUT2D eigenvalue weighted by atomic mass is 9.84. The Labute approximate surface area is 161 Å². The third-order valence-corrected chi connectivity index (χ3v) is 6.66. The van der Waals surface area contributed by atoms with Crippen molar-refractivity contribution in [3.05, 3.63) is 18.0 Å². The SMILES string of the molecule is Cn1ccc(CC(=O)N2CCC3(CCC(=O)N3CCN3CCCC3)CC2)n1. The lowest BCUT2D eigenvalue weighted by molar-refractivity contribution is -0.136. The van der Waals surface area contributed by atoms with E-state index in [1.165, 1.54) is 25.9 Å². The Kier molecular flexibility index (Phi) is 5.21. The summed E-state index contributed by atoms with van der Waals surface area (Å²) in [5.74, 6) is 0.457. The Bertz CT molecular complexity index is 686. The first-order valence-electron chi connectivity index (χ1n) is 10.3. The second-order valence-corrected chi connectivity index (χ2v) is 8.36. The van der Waals surface area contributed by atoms with Gasteiger partial charge < -0.3 is 14.7 Å². The summed E-state index contributed by atoms with van der Waals surface area (Å²) in [6.07, 6.45) is 8.25. The van der Waals surface area contributed by atoms with Gasteiger partial charge in [-0.05, 0) is 51.3 Å². The number of nitrogens with zero attached hydrogens (tertiary/aromatic N) is 5. The number of likely N-dealkylation sites (tertiary alicyclic amines) is 3. The second kappa shape index (κ2) is 7.62. The molecule has 3 fully saturated rings. The van der Waals surface area contributed by atoms with Gasteiger partial charge in [-0.15, -0.1) is 0 Å². The van der Waals surface area contributed by atoms with Crippen LogP contribution in [0.5, 0.6) is 0 Å². The summed E-state index contributed by atoms with van der Waals surface area (Å²) in [6.45, 7) is 5.69. The second-order valence-electron chi connectivity index (χ2n) is 8.36. The maximum absolute atomic E-state index is 12.6. The summed E-state index contributed by atoms with van der Waals surface area (Å²) in [5, 5.41) is 4.31. The first-order chi connectivity index (χ1) is 13.1. The first-order valence-corrected chi connectivity index (χ1v) is 10.3. The molecular weight excluding hydrogens is 342 g/mol. The van der Waals surface area contributed by atoms with Crippen molar-refractivity contribution in [2.45, 2.75) is 50.5 Å². The summed E-state index contributed by atoms with van der Waals surface area (Å²) in [7, 11) is 1.87. The number of hydrogen-bond acceptors (Lipinski definition) is 4. The highest BCUT2D eigenvalue weighted by atomic mass is 16.2. The molecule has 148 valence electrons. The molecule has 3 aliphatic rings. The standard InChI is InChI=1S/C20H31N5O2/c1-22-11-5-17(21-22)16-19(27)24-12-7-20(8-13-24)6-4-18(26)25(20)15-14-23-9-2-3-10-23/h5,11H,2-4,6-10,12-16H2,1H3. The van der Waals surface area contributed by atoms with E-state index in [4.69, 9.17) is 0 Å². The van der Waals surface area contributed by atoms with Gasteiger partial charge in [0.15, 0.2) is 0 Å². The molecule has 3 aliphatic heterocycles. The van der Waals surface area contributed by atoms with Crippen molar-refractivity contribution in [3.63, 3.8) is 0 Å². The fourth-order valence-electron chi connectivity index (χ4n) is 5.00. The van der Waals surface area contributed by atoms with Crippen molar-refractivity contribution in [1.82, 2.24) is 24.5 Å². The van der Waals surface area contributed by atoms with Crippen LogP contribution in [0.25, 0.3) is 0 Å². The maximum atomic E-state index is 12.6. The van der Waals surface area contributed by atoms with Crippen LogP contribution in [0.3, 0.4) is 0 Å². The highest BCUT2D eigenvalue weighted by Gasteiger charge is 2.47. The van der Waals surface area contributed by atoms with Crippen LogP contribution in [0, 0.1) is 0 Å². The highest BCUT2D eigenvalue weighted by molar-refractivity contribution is 5.80. The van der Waals surface area contributed by atoms with Gasteiger partial charge >= 0.3 is 0 Å². The Morgan fingerprint density at radius 2 is 1.85 bits per heavy atom. The van der Waals surface area contributed by atoms with E-state index in [-0.39, 0.29) is 11.4 Å². The molecule has 1 spiro atoms. The van der Waals surface area contributed by atoms with E-state index in [1.54, 1.807) is 4.68 Å². The predicted molar refractivity (Wildman–Crippen MR) is 102 cm³/mol. The molecule has 0 atom stereocenters. The summed E-state index contributed by atoms with van der Waals surface area (Å²) in [4.78, 5) is 31.7. The van der Waals surface area contributed by atoms with Crippen LogP contribution in [0.1, 0.15) is 44.2 Å². The van der Waals surface area contributed by atoms with Crippen LogP contribution in [0.4, 0.5) is 0 Å². The maximum Gasteiger partial charge on any atom is 0.228 e. The average molecular weight is 374 g/mol. The highest BCUT2D eigenvalue weighted by Crippen LogP contribution is 2.39. The number of hydrogen-bond donors (Lipinski definition) is 0. The van der Waals surface area contributed by atoms with Gasteiger partial charge in [0.1, 0.15) is 0 Å². The molecule has 0 radical (unpaired) electrons. The van der Waals surface area contributed by atoms with Crippen LogP contribution in [0.2, 0.25) is 0 Å². The van der Waals surface area contributed by atoms with Crippen LogP contribution in [0.15, 0.2) is 12.3 Å². The molecule has 0 saturated carbocycles. The molecule has 7 heteroatoms. The van der Waals surface area contributed by atoms with Gasteiger partial charge in [0.2, 0.25) is 11.8 Å². The molecule has 27 heavy (non-hydrogen) atoms. The van der Waals surface area contributed by atoms with Crippen molar-refractivity contribution < 1.29 is 9.59 Å². The molecule has 7 nitrogen and oxygen atoms in total. The summed E-state index contributed by atoms with van der Waals surface area (Å²) < 4.78 is 1.73. The van der Waals surface area contributed by atoms with E-state index in [1.807, 2.05) is 24.2 Å². The molecular formula is C20H31N5O2. The molecule has 0 bridgehead atoms. The molecule has 0 N–H and O–H groups in total. The quantitative estimate of drug-likeness (QED) is 0.774. The van der Waals surface area contributed by atoms with Crippen LogP contribution < -0.4 is 0 Å². The lowest BCUT2D eigenvalue weighted by Crippen LogP contribution is -2.55. The van der Waals surface area contributed by atoms with Crippen molar-refractivity contribution in [1.29, 1.82) is 0 Å². The number of amides is 2. The van der Waals surface area contributed by atoms with Gasteiger partial charge in [-0.1, -0.05) is 0 Å². The molecule has 3 saturated heterocycles. The third-order valence-electron chi connectivity index (χ3n) is 6.66. The largest absolute Gasteiger partial charge is 0.342 e. The molecule has 4 rings (SSSR count). The van der Waals surface area contributed by atoms with E-state index >= 15 is 0 Å². The van der Waals surface area contributed by atoms with Crippen molar-refractivity contribution >= 4 is 11.8 Å². The minimum atomic E-state index is -0.0153. The van der Waals surface area contributed by atoms with E-state index in [0.29, 0.717) is 18.7 Å². The fraction of sp³-hybridized carbons (Fsp3) is 0.750. The number of carbonyl (C=O) groups is 2. The summed E-state index contributed by atoms with van der Waals surface area (Å²) >= 11 is 0. The Morgan fingerprint density at radius 3 is 2.52 bits per heavy atom. The number of piperidine rings is 1. The van der Waals surface area contributed by atoms with Gasteiger partial charge in [0.05, 0.1) is 12.1 Å². The average Bonchev–Trinajstić information content (AvgIpc) is 3.38. The van der Waals surface area contributed by atoms with Gasteiger partial charge in [-0.3, -0.25) is 14.3 Å². The Morgan fingerprint density at radius 1 is 1.11 bits per heavy atom. The Hall–Kier alpha value is -1.89. The monoisotopic (exact) mass is 373 g/mol. The van der Waals surface area contributed by atoms with Gasteiger partial charge in [-0.2, -0.15) is 5.10 Å². The van der Waals surface area contributed by atoms with Crippen LogP contribution in [-0.4, -0.2) is 81.1 Å². The minimum Gasteiger partial charge on any atom is -0.342 e. The smallest absolute Gasteiger partial charge is 0.228 e. The molecule has 2 amide bonds. The summed E-state index contributed by atoms with van der Waals surface area (Å²) in [5.41, 5.74) is 0.810. The number of carbonyl (C=O) groups excluding carboxylic acids is 2. The van der Waals surface area contributed by atoms with Crippen LogP contribution >= 0.6 is 0 Å².